The topological polar surface area (TPSA) is 52.0 Å². The van der Waals surface area contributed by atoms with Crippen molar-refractivity contribution >= 4 is 32.7 Å². The number of nitrogens with two attached hydrogens (primary N) is 2. The summed E-state index contributed by atoms with van der Waals surface area (Å²) in [5, 5.41) is 1.86. The Hall–Kier alpha value is -1.00. The summed E-state index contributed by atoms with van der Waals surface area (Å²) in [5.74, 6) is 0. The molecule has 2 heterocycles. The van der Waals surface area contributed by atoms with Crippen LogP contribution < -0.4 is 11.5 Å². The van der Waals surface area contributed by atoms with Crippen molar-refractivity contribution in [2.75, 3.05) is 11.5 Å². The first kappa shape index (κ1) is 8.32. The molecule has 1 aliphatic rings. The molecule has 0 aliphatic heterocycles. The van der Waals surface area contributed by atoms with Crippen LogP contribution in [0.1, 0.15) is 20.9 Å². The minimum Gasteiger partial charge on any atom is -0.391 e. The van der Waals surface area contributed by atoms with E-state index in [-0.39, 0.29) is 0 Å². The Kier molecular flexibility index (Phi) is 1.63. The smallest absolute Gasteiger partial charge is 0.0862 e. The van der Waals surface area contributed by atoms with Gasteiger partial charge < -0.3 is 11.5 Å². The van der Waals surface area contributed by atoms with E-state index in [2.05, 4.69) is 12.1 Å². The fourth-order valence-corrected chi connectivity index (χ4v) is 3.95. The zero-order valence-corrected chi connectivity index (χ0v) is 9.17. The first-order valence-electron chi connectivity index (χ1n) is 4.46. The lowest BCUT2D eigenvalue weighted by Crippen LogP contribution is -1.99. The largest absolute Gasteiger partial charge is 0.391 e. The van der Waals surface area contributed by atoms with Crippen molar-refractivity contribution in [3.8, 4) is 0 Å². The predicted octanol–water partition coefficient (Wildman–Crippen LogP) is 2.47. The van der Waals surface area contributed by atoms with E-state index in [1.807, 2.05) is 0 Å². The number of fused-ring (bicyclic) bond motifs is 2. The lowest BCUT2D eigenvalue weighted by molar-refractivity contribution is 1.07. The summed E-state index contributed by atoms with van der Waals surface area (Å²) < 4.78 is 0. The summed E-state index contributed by atoms with van der Waals surface area (Å²) in [6.07, 6.45) is 2.03. The predicted molar refractivity (Wildman–Crippen MR) is 63.1 cm³/mol. The van der Waals surface area contributed by atoms with Gasteiger partial charge in [-0.25, -0.2) is 0 Å². The Morgan fingerprint density at radius 3 is 1.86 bits per heavy atom. The first-order chi connectivity index (χ1) is 6.72. The average Bonchev–Trinajstić information content (AvgIpc) is 2.59. The number of thiophene rings is 2. The summed E-state index contributed by atoms with van der Waals surface area (Å²) in [7, 11) is 0. The maximum atomic E-state index is 5.79. The molecule has 0 fully saturated rings. The third-order valence-electron chi connectivity index (χ3n) is 2.53. The van der Waals surface area contributed by atoms with E-state index in [0.717, 1.165) is 22.8 Å². The van der Waals surface area contributed by atoms with Gasteiger partial charge >= 0.3 is 0 Å². The molecule has 2 aromatic heterocycles. The maximum Gasteiger partial charge on any atom is 0.0862 e. The van der Waals surface area contributed by atoms with Gasteiger partial charge in [0, 0.05) is 16.2 Å². The molecule has 3 rings (SSSR count). The van der Waals surface area contributed by atoms with Gasteiger partial charge in [0.05, 0.1) is 10.0 Å². The normalized spacial score (nSPS) is 13.7. The quantitative estimate of drug-likeness (QED) is 0.614. The van der Waals surface area contributed by atoms with Crippen molar-refractivity contribution in [2.45, 2.75) is 12.8 Å². The van der Waals surface area contributed by atoms with Crippen molar-refractivity contribution in [3.63, 3.8) is 0 Å². The molecule has 0 aromatic carbocycles. The molecule has 4 N–H and O–H groups in total. The number of anilines is 2. The fourth-order valence-electron chi connectivity index (χ4n) is 1.93. The Morgan fingerprint density at radius 1 is 0.857 bits per heavy atom. The summed E-state index contributed by atoms with van der Waals surface area (Å²) in [6.45, 7) is 0. The highest BCUT2D eigenvalue weighted by molar-refractivity contribution is 7.17. The molecule has 0 atom stereocenters. The molecule has 1 aliphatic carbocycles. The van der Waals surface area contributed by atoms with E-state index in [1.54, 1.807) is 22.7 Å². The molecule has 0 radical (unpaired) electrons. The molecule has 0 unspecified atom stereocenters. The van der Waals surface area contributed by atoms with Crippen molar-refractivity contribution < 1.29 is 0 Å². The number of hydrogen-bond acceptors (Lipinski definition) is 4. The molecule has 72 valence electrons. The fraction of sp³-hybridized carbons (Fsp3) is 0.200. The van der Waals surface area contributed by atoms with Crippen LogP contribution in [0.15, 0.2) is 12.1 Å². The van der Waals surface area contributed by atoms with Crippen molar-refractivity contribution in [2.24, 2.45) is 0 Å². The van der Waals surface area contributed by atoms with Gasteiger partial charge in [0.25, 0.3) is 0 Å². The number of nitrogen functional groups attached to an aromatic ring is 2. The Labute approximate surface area is 90.2 Å². The van der Waals surface area contributed by atoms with Gasteiger partial charge in [0.2, 0.25) is 0 Å². The van der Waals surface area contributed by atoms with E-state index in [1.165, 1.54) is 20.9 Å². The van der Waals surface area contributed by atoms with E-state index < -0.39 is 0 Å². The van der Waals surface area contributed by atoms with Crippen LogP contribution in [0.25, 0.3) is 0 Å². The average molecular weight is 222 g/mol. The van der Waals surface area contributed by atoms with Crippen LogP contribution in [-0.4, -0.2) is 0 Å². The summed E-state index contributed by atoms with van der Waals surface area (Å²) in [4.78, 5) is 2.83. The lowest BCUT2D eigenvalue weighted by Gasteiger charge is -2.10. The van der Waals surface area contributed by atoms with Crippen LogP contribution in [0.2, 0.25) is 0 Å². The van der Waals surface area contributed by atoms with Gasteiger partial charge in [-0.15, -0.1) is 22.7 Å². The van der Waals surface area contributed by atoms with Crippen LogP contribution in [0.3, 0.4) is 0 Å². The third kappa shape index (κ3) is 1.14. The van der Waals surface area contributed by atoms with Gasteiger partial charge in [0.1, 0.15) is 0 Å². The van der Waals surface area contributed by atoms with Crippen LogP contribution in [0.5, 0.6) is 0 Å². The van der Waals surface area contributed by atoms with Crippen LogP contribution in [0, 0.1) is 0 Å². The number of hydrogen-bond donors (Lipinski definition) is 2. The molecule has 0 spiro atoms. The second-order valence-electron chi connectivity index (χ2n) is 3.55. The highest BCUT2D eigenvalue weighted by Gasteiger charge is 2.19. The van der Waals surface area contributed by atoms with E-state index in [4.69, 9.17) is 11.5 Å². The summed E-state index contributed by atoms with van der Waals surface area (Å²) in [5.41, 5.74) is 14.4. The zero-order chi connectivity index (χ0) is 9.71. The molecule has 2 nitrogen and oxygen atoms in total. The van der Waals surface area contributed by atoms with Gasteiger partial charge in [-0.3, -0.25) is 0 Å². The minimum atomic E-state index is 0.929. The highest BCUT2D eigenvalue weighted by Crippen LogP contribution is 2.38. The molecule has 14 heavy (non-hydrogen) atoms. The second kappa shape index (κ2) is 2.74. The maximum absolute atomic E-state index is 5.79. The van der Waals surface area contributed by atoms with Gasteiger partial charge in [-0.2, -0.15) is 0 Å². The second-order valence-corrected chi connectivity index (χ2v) is 5.88. The van der Waals surface area contributed by atoms with Gasteiger partial charge in [-0.05, 0) is 29.7 Å². The molecule has 0 saturated carbocycles. The third-order valence-corrected chi connectivity index (χ3v) is 4.55. The van der Waals surface area contributed by atoms with E-state index in [0.29, 0.717) is 0 Å². The lowest BCUT2D eigenvalue weighted by atomic mass is 9.98. The van der Waals surface area contributed by atoms with Crippen molar-refractivity contribution in [3.05, 3.63) is 33.0 Å². The molecular weight excluding hydrogens is 212 g/mol. The Balaban J connectivity index is 2.10. The Morgan fingerprint density at radius 2 is 1.36 bits per heavy atom. The molecule has 4 heteroatoms. The van der Waals surface area contributed by atoms with Gasteiger partial charge in [-0.1, -0.05) is 0 Å². The summed E-state index contributed by atoms with van der Waals surface area (Å²) >= 11 is 3.41. The number of rotatable bonds is 0. The SMILES string of the molecule is Nc1cc2c(s1)Cc1sc(N)cc1C2. The van der Waals surface area contributed by atoms with Crippen molar-refractivity contribution in [1.82, 2.24) is 0 Å². The zero-order valence-electron chi connectivity index (χ0n) is 7.54. The molecule has 0 amide bonds. The first-order valence-corrected chi connectivity index (χ1v) is 6.10. The van der Waals surface area contributed by atoms with Crippen LogP contribution in [-0.2, 0) is 12.8 Å². The molecule has 0 bridgehead atoms. The summed E-state index contributed by atoms with van der Waals surface area (Å²) in [6, 6.07) is 4.19. The van der Waals surface area contributed by atoms with Crippen LogP contribution >= 0.6 is 22.7 Å². The van der Waals surface area contributed by atoms with Crippen molar-refractivity contribution in [1.29, 1.82) is 0 Å². The standard InChI is InChI=1S/C10H10N2S2/c11-9-2-5-1-6-3-10(12)14-8(6)4-7(5)13-9/h2-3H,1,4,11-12H2. The molecule has 0 saturated heterocycles. The van der Waals surface area contributed by atoms with Crippen LogP contribution in [0.4, 0.5) is 10.0 Å². The highest BCUT2D eigenvalue weighted by atomic mass is 32.1. The minimum absolute atomic E-state index is 0.929. The van der Waals surface area contributed by atoms with E-state index >= 15 is 0 Å². The Bertz CT molecular complexity index is 411. The molecule has 2 aromatic rings. The van der Waals surface area contributed by atoms with E-state index in [9.17, 15) is 0 Å². The molecular formula is C10H10N2S2. The monoisotopic (exact) mass is 222 g/mol. The van der Waals surface area contributed by atoms with Gasteiger partial charge in [0.15, 0.2) is 0 Å².